The normalized spacial score (nSPS) is 19.7. The molecule has 1 N–H and O–H groups in total. The Balaban J connectivity index is 2.36. The molecule has 8 heteroatoms. The summed E-state index contributed by atoms with van der Waals surface area (Å²) in [6.45, 7) is -3.20. The van der Waals surface area contributed by atoms with Crippen molar-refractivity contribution in [2.24, 2.45) is 0 Å². The van der Waals surface area contributed by atoms with Gasteiger partial charge in [0.2, 0.25) is 0 Å². The Morgan fingerprint density at radius 2 is 2.00 bits per heavy atom. The number of amides is 2. The molecule has 0 saturated heterocycles. The Bertz CT molecular complexity index is 337. The Hall–Kier alpha value is -0.590. The van der Waals surface area contributed by atoms with Gasteiger partial charge in [0.05, 0.1) is 13.2 Å². The second kappa shape index (κ2) is 4.96. The lowest BCUT2D eigenvalue weighted by Gasteiger charge is -2.16. The summed E-state index contributed by atoms with van der Waals surface area (Å²) in [6, 6.07) is 0. The van der Waals surface area contributed by atoms with Crippen LogP contribution in [-0.4, -0.2) is 41.9 Å². The summed E-state index contributed by atoms with van der Waals surface area (Å²) < 4.78 is 9.33. The summed E-state index contributed by atoms with van der Waals surface area (Å²) >= 11 is 4.56. The van der Waals surface area contributed by atoms with Crippen LogP contribution < -0.4 is 0 Å². The molecule has 0 aromatic rings. The summed E-state index contributed by atoms with van der Waals surface area (Å²) in [5.41, 5.74) is 0. The van der Waals surface area contributed by atoms with Gasteiger partial charge in [-0.3, -0.25) is 14.5 Å². The third kappa shape index (κ3) is 3.48. The third-order valence-electron chi connectivity index (χ3n) is 1.70. The van der Waals surface area contributed by atoms with E-state index >= 15 is 0 Å². The van der Waals surface area contributed by atoms with Gasteiger partial charge in [-0.2, -0.15) is 0 Å². The van der Waals surface area contributed by atoms with Crippen LogP contribution >= 0.6 is 6.72 Å². The summed E-state index contributed by atoms with van der Waals surface area (Å²) in [7, 11) is 1.23. The van der Waals surface area contributed by atoms with Gasteiger partial charge in [0.25, 0.3) is 11.8 Å². The molecule has 1 rings (SSSR count). The van der Waals surface area contributed by atoms with Crippen LogP contribution in [0.1, 0.15) is 0 Å². The molecule has 1 atom stereocenters. The Morgan fingerprint density at radius 1 is 1.47 bits per heavy atom. The van der Waals surface area contributed by atoms with E-state index in [4.69, 9.17) is 4.52 Å². The predicted octanol–water partition coefficient (Wildman–Crippen LogP) is -0.209. The van der Waals surface area contributed by atoms with E-state index in [0.717, 1.165) is 4.90 Å². The predicted molar refractivity (Wildman–Crippen MR) is 55.3 cm³/mol. The van der Waals surface area contributed by atoms with E-state index in [1.807, 2.05) is 0 Å². The molecule has 1 aliphatic rings. The maximum atomic E-state index is 11.1. The second-order valence-electron chi connectivity index (χ2n) is 2.65. The summed E-state index contributed by atoms with van der Waals surface area (Å²) in [5, 5.41) is 0. The zero-order valence-corrected chi connectivity index (χ0v) is 9.66. The number of hydrogen-bond donors (Lipinski definition) is 1. The van der Waals surface area contributed by atoms with Crippen LogP contribution in [-0.2, 0) is 30.4 Å². The van der Waals surface area contributed by atoms with Crippen LogP contribution in [0, 0.1) is 0 Å². The highest BCUT2D eigenvalue weighted by Crippen LogP contribution is 2.42. The average molecular weight is 251 g/mol. The summed E-state index contributed by atoms with van der Waals surface area (Å²) in [6.07, 6.45) is 2.35. The maximum Gasteiger partial charge on any atom is 0.324 e. The molecule has 1 aliphatic heterocycles. The number of imide groups is 1. The maximum absolute atomic E-state index is 11.1. The largest absolute Gasteiger partial charge is 0.324 e. The first-order valence-corrected chi connectivity index (χ1v) is 6.62. The zero-order valence-electron chi connectivity index (χ0n) is 7.95. The van der Waals surface area contributed by atoms with Crippen LogP contribution in [0.3, 0.4) is 0 Å². The molecule has 0 saturated carbocycles. The van der Waals surface area contributed by atoms with Crippen molar-refractivity contribution < 1.29 is 23.5 Å². The van der Waals surface area contributed by atoms with Gasteiger partial charge in [0.1, 0.15) is 0 Å². The Kier molecular flexibility index (Phi) is 4.12. The van der Waals surface area contributed by atoms with Gasteiger partial charge < -0.3 is 13.9 Å². The standard InChI is InChI=1S/C7H10NO5PS/c1-12-14(11,15)13-5-4-8-6(9)2-3-7(8)10/h2-3H,4-5H2,1H3,(H,11,15). The number of nitrogens with zero attached hydrogens (tertiary/aromatic N) is 1. The highest BCUT2D eigenvalue weighted by molar-refractivity contribution is 8.07. The van der Waals surface area contributed by atoms with E-state index < -0.39 is 18.5 Å². The first kappa shape index (κ1) is 12.5. The number of carbonyl (C=O) groups excluding carboxylic acids is 2. The van der Waals surface area contributed by atoms with Crippen LogP contribution in [0.4, 0.5) is 0 Å². The molecule has 1 heterocycles. The molecule has 0 aliphatic carbocycles. The SMILES string of the molecule is COP(O)(=S)OCCN1C(=O)C=CC1=O. The number of hydrogen-bond acceptors (Lipinski definition) is 5. The zero-order chi connectivity index (χ0) is 11.5. The lowest BCUT2D eigenvalue weighted by molar-refractivity contribution is -0.137. The molecule has 0 aromatic heterocycles. The molecule has 0 bridgehead atoms. The first-order valence-electron chi connectivity index (χ1n) is 4.03. The fourth-order valence-electron chi connectivity index (χ4n) is 0.952. The minimum Gasteiger partial charge on any atom is -0.324 e. The van der Waals surface area contributed by atoms with E-state index in [-0.39, 0.29) is 13.2 Å². The molecule has 0 aromatic carbocycles. The van der Waals surface area contributed by atoms with E-state index in [0.29, 0.717) is 0 Å². The quantitative estimate of drug-likeness (QED) is 0.538. The Morgan fingerprint density at radius 3 is 2.47 bits per heavy atom. The van der Waals surface area contributed by atoms with Crippen LogP contribution in [0.2, 0.25) is 0 Å². The van der Waals surface area contributed by atoms with Gasteiger partial charge in [-0.25, -0.2) is 0 Å². The molecule has 0 radical (unpaired) electrons. The molecule has 15 heavy (non-hydrogen) atoms. The van der Waals surface area contributed by atoms with E-state index in [1.54, 1.807) is 0 Å². The fourth-order valence-corrected chi connectivity index (χ4v) is 1.59. The van der Waals surface area contributed by atoms with E-state index in [2.05, 4.69) is 16.3 Å². The second-order valence-corrected chi connectivity index (χ2v) is 5.59. The van der Waals surface area contributed by atoms with Crippen LogP contribution in [0.15, 0.2) is 12.2 Å². The lowest BCUT2D eigenvalue weighted by Crippen LogP contribution is -2.32. The van der Waals surface area contributed by atoms with Gasteiger partial charge >= 0.3 is 6.72 Å². The fraction of sp³-hybridized carbons (Fsp3) is 0.429. The molecular weight excluding hydrogens is 241 g/mol. The smallest absolute Gasteiger partial charge is 0.324 e. The highest BCUT2D eigenvalue weighted by atomic mass is 32.5. The van der Waals surface area contributed by atoms with E-state index in [9.17, 15) is 14.5 Å². The van der Waals surface area contributed by atoms with Crippen molar-refractivity contribution in [1.29, 1.82) is 0 Å². The van der Waals surface area contributed by atoms with Crippen molar-refractivity contribution in [2.75, 3.05) is 20.3 Å². The monoisotopic (exact) mass is 251 g/mol. The van der Waals surface area contributed by atoms with Crippen LogP contribution in [0.25, 0.3) is 0 Å². The van der Waals surface area contributed by atoms with Gasteiger partial charge in [-0.05, 0) is 11.8 Å². The third-order valence-corrected chi connectivity index (χ3v) is 3.43. The van der Waals surface area contributed by atoms with E-state index in [1.165, 1.54) is 19.3 Å². The molecule has 0 fully saturated rings. The molecule has 0 spiro atoms. The minimum atomic E-state index is -3.21. The first-order chi connectivity index (χ1) is 6.96. The summed E-state index contributed by atoms with van der Waals surface area (Å²) in [4.78, 5) is 32.3. The summed E-state index contributed by atoms with van der Waals surface area (Å²) in [5.74, 6) is -0.792. The Labute approximate surface area is 91.7 Å². The average Bonchev–Trinajstić information content (AvgIpc) is 2.49. The van der Waals surface area contributed by atoms with Crippen molar-refractivity contribution in [3.05, 3.63) is 12.2 Å². The van der Waals surface area contributed by atoms with Crippen molar-refractivity contribution in [3.63, 3.8) is 0 Å². The number of carbonyl (C=O) groups is 2. The topological polar surface area (TPSA) is 76.1 Å². The lowest BCUT2D eigenvalue weighted by atomic mass is 10.5. The van der Waals surface area contributed by atoms with Crippen molar-refractivity contribution in [1.82, 2.24) is 4.90 Å². The molecule has 1 unspecified atom stereocenters. The van der Waals surface area contributed by atoms with Crippen molar-refractivity contribution >= 4 is 30.3 Å². The highest BCUT2D eigenvalue weighted by Gasteiger charge is 2.23. The van der Waals surface area contributed by atoms with Gasteiger partial charge in [0, 0.05) is 19.3 Å². The molecule has 6 nitrogen and oxygen atoms in total. The number of rotatable bonds is 5. The van der Waals surface area contributed by atoms with Gasteiger partial charge in [-0.1, -0.05) is 0 Å². The van der Waals surface area contributed by atoms with Gasteiger partial charge in [0.15, 0.2) is 0 Å². The van der Waals surface area contributed by atoms with Gasteiger partial charge in [-0.15, -0.1) is 0 Å². The minimum absolute atomic E-state index is 0.0409. The van der Waals surface area contributed by atoms with Crippen molar-refractivity contribution in [3.8, 4) is 0 Å². The molecule has 84 valence electrons. The molecule has 2 amide bonds. The van der Waals surface area contributed by atoms with Crippen molar-refractivity contribution in [2.45, 2.75) is 0 Å². The molecular formula is C7H10NO5PS. The van der Waals surface area contributed by atoms with Crippen LogP contribution in [0.5, 0.6) is 0 Å².